The van der Waals surface area contributed by atoms with Crippen molar-refractivity contribution in [3.63, 3.8) is 0 Å². The Morgan fingerprint density at radius 2 is 1.38 bits per heavy atom. The van der Waals surface area contributed by atoms with Crippen molar-refractivity contribution in [3.8, 4) is 0 Å². The number of unbranched alkanes of at least 4 members (excludes halogenated alkanes) is 9. The van der Waals surface area contributed by atoms with Crippen LogP contribution in [0.15, 0.2) is 0 Å². The zero-order valence-corrected chi connectivity index (χ0v) is 13.6. The van der Waals surface area contributed by atoms with Gasteiger partial charge in [-0.1, -0.05) is 64.7 Å². The molecule has 21 heavy (non-hydrogen) atoms. The second-order valence-corrected chi connectivity index (χ2v) is 5.64. The average Bonchev–Trinajstić information content (AvgIpc) is 2.44. The van der Waals surface area contributed by atoms with Gasteiger partial charge in [0, 0.05) is 6.54 Å². The number of rotatable bonds is 13. The summed E-state index contributed by atoms with van der Waals surface area (Å²) in [5.41, 5.74) is 0. The van der Waals surface area contributed by atoms with Crippen molar-refractivity contribution < 1.29 is 14.7 Å². The molecule has 0 aliphatic carbocycles. The maximum atomic E-state index is 11.3. The van der Waals surface area contributed by atoms with Crippen LogP contribution in [0.25, 0.3) is 0 Å². The molecule has 0 spiro atoms. The molecular weight excluding hydrogens is 268 g/mol. The van der Waals surface area contributed by atoms with Gasteiger partial charge in [-0.2, -0.15) is 0 Å². The number of urea groups is 1. The van der Waals surface area contributed by atoms with E-state index in [1.807, 2.05) is 0 Å². The molecular formula is C16H32N2O3. The van der Waals surface area contributed by atoms with Crippen LogP contribution in [0.1, 0.15) is 78.1 Å². The van der Waals surface area contributed by atoms with E-state index in [0.717, 1.165) is 12.8 Å². The SMILES string of the molecule is CCCCCCCCCCCCNC(=O)NC(C)C(=O)O. The van der Waals surface area contributed by atoms with Crippen LogP contribution >= 0.6 is 0 Å². The first-order chi connectivity index (χ1) is 10.1. The molecule has 1 unspecified atom stereocenters. The largest absolute Gasteiger partial charge is 0.480 e. The van der Waals surface area contributed by atoms with E-state index in [0.29, 0.717) is 6.54 Å². The quantitative estimate of drug-likeness (QED) is 0.454. The molecule has 0 radical (unpaired) electrons. The summed E-state index contributed by atoms with van der Waals surface area (Å²) in [6.45, 7) is 4.29. The number of hydrogen-bond acceptors (Lipinski definition) is 2. The molecule has 5 heteroatoms. The predicted octanol–water partition coefficient (Wildman–Crippen LogP) is 3.68. The van der Waals surface area contributed by atoms with Crippen molar-refractivity contribution in [1.29, 1.82) is 0 Å². The van der Waals surface area contributed by atoms with Gasteiger partial charge in [0.15, 0.2) is 0 Å². The molecule has 0 aromatic heterocycles. The Labute approximate surface area is 128 Å². The predicted molar refractivity (Wildman–Crippen MR) is 85.5 cm³/mol. The first-order valence-electron chi connectivity index (χ1n) is 8.35. The van der Waals surface area contributed by atoms with Crippen molar-refractivity contribution >= 4 is 12.0 Å². The molecule has 0 saturated carbocycles. The number of hydrogen-bond donors (Lipinski definition) is 3. The van der Waals surface area contributed by atoms with Gasteiger partial charge in [-0.3, -0.25) is 4.79 Å². The van der Waals surface area contributed by atoms with E-state index in [1.54, 1.807) is 0 Å². The lowest BCUT2D eigenvalue weighted by atomic mass is 10.1. The smallest absolute Gasteiger partial charge is 0.325 e. The van der Waals surface area contributed by atoms with Crippen LogP contribution in [-0.4, -0.2) is 29.7 Å². The lowest BCUT2D eigenvalue weighted by Crippen LogP contribution is -2.44. The second kappa shape index (κ2) is 13.7. The van der Waals surface area contributed by atoms with Crippen molar-refractivity contribution in [2.75, 3.05) is 6.54 Å². The number of nitrogens with one attached hydrogen (secondary N) is 2. The minimum absolute atomic E-state index is 0.402. The van der Waals surface area contributed by atoms with Gasteiger partial charge in [0.1, 0.15) is 6.04 Å². The third-order valence-corrected chi connectivity index (χ3v) is 3.53. The molecule has 3 N–H and O–H groups in total. The fourth-order valence-corrected chi connectivity index (χ4v) is 2.12. The van der Waals surface area contributed by atoms with Crippen LogP contribution < -0.4 is 10.6 Å². The summed E-state index contributed by atoms with van der Waals surface area (Å²) >= 11 is 0. The fraction of sp³-hybridized carbons (Fsp3) is 0.875. The third-order valence-electron chi connectivity index (χ3n) is 3.53. The molecule has 2 amide bonds. The number of aliphatic carboxylic acids is 1. The summed E-state index contributed by atoms with van der Waals surface area (Å²) < 4.78 is 0. The van der Waals surface area contributed by atoms with Crippen molar-refractivity contribution in [1.82, 2.24) is 10.6 Å². The molecule has 5 nitrogen and oxygen atoms in total. The lowest BCUT2D eigenvalue weighted by molar-refractivity contribution is -0.138. The van der Waals surface area contributed by atoms with E-state index in [9.17, 15) is 9.59 Å². The highest BCUT2D eigenvalue weighted by atomic mass is 16.4. The molecule has 0 heterocycles. The summed E-state index contributed by atoms with van der Waals surface area (Å²) in [5, 5.41) is 13.7. The number of carboxylic acids is 1. The summed E-state index contributed by atoms with van der Waals surface area (Å²) in [4.78, 5) is 21.9. The molecule has 0 bridgehead atoms. The Kier molecular flexibility index (Phi) is 12.9. The number of amides is 2. The van der Waals surface area contributed by atoms with Gasteiger partial charge in [-0.25, -0.2) is 4.79 Å². The second-order valence-electron chi connectivity index (χ2n) is 5.64. The van der Waals surface area contributed by atoms with E-state index in [-0.39, 0.29) is 0 Å². The zero-order valence-electron chi connectivity index (χ0n) is 13.6. The molecule has 0 rings (SSSR count). The van der Waals surface area contributed by atoms with Gasteiger partial charge in [-0.15, -0.1) is 0 Å². The Hall–Kier alpha value is -1.26. The van der Waals surface area contributed by atoms with E-state index in [2.05, 4.69) is 17.6 Å². The molecule has 0 saturated heterocycles. The van der Waals surface area contributed by atoms with Crippen LogP contribution in [0.2, 0.25) is 0 Å². The van der Waals surface area contributed by atoms with E-state index >= 15 is 0 Å². The van der Waals surface area contributed by atoms with Crippen molar-refractivity contribution in [3.05, 3.63) is 0 Å². The van der Waals surface area contributed by atoms with E-state index < -0.39 is 18.0 Å². The summed E-state index contributed by atoms with van der Waals surface area (Å²) in [6, 6.07) is -1.25. The van der Waals surface area contributed by atoms with Gasteiger partial charge >= 0.3 is 12.0 Å². The van der Waals surface area contributed by atoms with Gasteiger partial charge in [0.2, 0.25) is 0 Å². The Bertz CT molecular complexity index is 283. The van der Waals surface area contributed by atoms with E-state index in [1.165, 1.54) is 58.3 Å². The van der Waals surface area contributed by atoms with Gasteiger partial charge < -0.3 is 15.7 Å². The molecule has 0 aliphatic rings. The first kappa shape index (κ1) is 19.7. The van der Waals surface area contributed by atoms with Gasteiger partial charge in [0.05, 0.1) is 0 Å². The third kappa shape index (κ3) is 13.5. The first-order valence-corrected chi connectivity index (χ1v) is 8.35. The Morgan fingerprint density at radius 3 is 1.86 bits per heavy atom. The summed E-state index contributed by atoms with van der Waals surface area (Å²) in [7, 11) is 0. The van der Waals surface area contributed by atoms with Gasteiger partial charge in [-0.05, 0) is 13.3 Å². The zero-order chi connectivity index (χ0) is 15.9. The van der Waals surface area contributed by atoms with Crippen molar-refractivity contribution in [2.24, 2.45) is 0 Å². The van der Waals surface area contributed by atoms with Crippen LogP contribution in [0.3, 0.4) is 0 Å². The highest BCUT2D eigenvalue weighted by Gasteiger charge is 2.12. The van der Waals surface area contributed by atoms with Crippen LogP contribution in [0.4, 0.5) is 4.79 Å². The highest BCUT2D eigenvalue weighted by Crippen LogP contribution is 2.10. The fourth-order valence-electron chi connectivity index (χ4n) is 2.12. The maximum Gasteiger partial charge on any atom is 0.325 e. The molecule has 0 aromatic rings. The van der Waals surface area contributed by atoms with Crippen LogP contribution in [-0.2, 0) is 4.79 Å². The normalized spacial score (nSPS) is 11.9. The Morgan fingerprint density at radius 1 is 0.905 bits per heavy atom. The van der Waals surface area contributed by atoms with Crippen molar-refractivity contribution in [2.45, 2.75) is 84.1 Å². The molecule has 0 fully saturated rings. The average molecular weight is 300 g/mol. The van der Waals surface area contributed by atoms with Crippen LogP contribution in [0, 0.1) is 0 Å². The maximum absolute atomic E-state index is 11.3. The molecule has 0 aromatic carbocycles. The Balaban J connectivity index is 3.25. The minimum Gasteiger partial charge on any atom is -0.480 e. The van der Waals surface area contributed by atoms with Gasteiger partial charge in [0.25, 0.3) is 0 Å². The minimum atomic E-state index is -1.02. The monoisotopic (exact) mass is 300 g/mol. The topological polar surface area (TPSA) is 78.4 Å². The molecule has 124 valence electrons. The highest BCUT2D eigenvalue weighted by molar-refractivity contribution is 5.82. The standard InChI is InChI=1S/C16H32N2O3/c1-3-4-5-6-7-8-9-10-11-12-13-17-16(21)18-14(2)15(19)20/h14H,3-13H2,1-2H3,(H,19,20)(H2,17,18,21). The van der Waals surface area contributed by atoms with E-state index in [4.69, 9.17) is 5.11 Å². The number of carbonyl (C=O) groups is 2. The summed E-state index contributed by atoms with van der Waals surface area (Å²) in [5.74, 6) is -1.02. The molecule has 1 atom stereocenters. The number of carboxylic acid groups (broad SMARTS) is 1. The van der Waals surface area contributed by atoms with Crippen LogP contribution in [0.5, 0.6) is 0 Å². The summed E-state index contributed by atoms with van der Waals surface area (Å²) in [6.07, 6.45) is 12.6. The molecule has 0 aliphatic heterocycles. The lowest BCUT2D eigenvalue weighted by Gasteiger charge is -2.10. The number of carbonyl (C=O) groups excluding carboxylic acids is 1.